The molecule has 3 unspecified atom stereocenters. The van der Waals surface area contributed by atoms with Crippen LogP contribution in [0.5, 0.6) is 0 Å². The van der Waals surface area contributed by atoms with Crippen molar-refractivity contribution in [2.45, 2.75) is 167 Å². The van der Waals surface area contributed by atoms with Gasteiger partial charge in [-0.3, -0.25) is 18.6 Å². The average Bonchev–Trinajstić information content (AvgIpc) is 3.02. The highest BCUT2D eigenvalue weighted by Gasteiger charge is 2.28. The summed E-state index contributed by atoms with van der Waals surface area (Å²) in [6, 6.07) is -1.54. The SMILES string of the molecule is CCCC/C=C\CCCCCCCC(=O)NC(COP(=O)(O)OCC(O)COC(=O)CCCCCCCCCCCCC)C(=O)O. The van der Waals surface area contributed by atoms with Crippen molar-refractivity contribution in [1.29, 1.82) is 0 Å². The zero-order valence-corrected chi connectivity index (χ0v) is 29.5. The lowest BCUT2D eigenvalue weighted by Crippen LogP contribution is -2.43. The van der Waals surface area contributed by atoms with Gasteiger partial charge in [0.15, 0.2) is 6.04 Å². The second-order valence-electron chi connectivity index (χ2n) is 12.1. The van der Waals surface area contributed by atoms with Crippen LogP contribution in [-0.4, -0.2) is 64.9 Å². The molecule has 0 saturated carbocycles. The number of ether oxygens (including phenoxy) is 1. The number of rotatable bonds is 33. The quantitative estimate of drug-likeness (QED) is 0.0233. The Morgan fingerprint density at radius 3 is 1.72 bits per heavy atom. The molecule has 0 heterocycles. The van der Waals surface area contributed by atoms with E-state index in [4.69, 9.17) is 13.8 Å². The van der Waals surface area contributed by atoms with E-state index in [1.165, 1.54) is 57.8 Å². The van der Waals surface area contributed by atoms with Gasteiger partial charge in [0.05, 0.1) is 13.2 Å². The number of aliphatic hydroxyl groups is 1. The van der Waals surface area contributed by atoms with Crippen molar-refractivity contribution in [3.05, 3.63) is 12.2 Å². The van der Waals surface area contributed by atoms with Crippen molar-refractivity contribution in [1.82, 2.24) is 5.32 Å². The van der Waals surface area contributed by atoms with Crippen molar-refractivity contribution < 1.29 is 47.8 Å². The molecule has 0 radical (unpaired) electrons. The summed E-state index contributed by atoms with van der Waals surface area (Å²) in [6.45, 7) is 2.50. The molecule has 0 rings (SSSR count). The maximum Gasteiger partial charge on any atom is 0.472 e. The molecule has 1 amide bonds. The Morgan fingerprint density at radius 2 is 1.15 bits per heavy atom. The molecule has 46 heavy (non-hydrogen) atoms. The molecule has 0 saturated heterocycles. The summed E-state index contributed by atoms with van der Waals surface area (Å²) in [5.41, 5.74) is 0. The third-order valence-corrected chi connectivity index (χ3v) is 8.51. The predicted octanol–water partition coefficient (Wildman–Crippen LogP) is 7.77. The van der Waals surface area contributed by atoms with Gasteiger partial charge in [0.25, 0.3) is 0 Å². The minimum atomic E-state index is -4.74. The normalized spacial score (nSPS) is 14.2. The summed E-state index contributed by atoms with van der Waals surface area (Å²) < 4.78 is 26.6. The van der Waals surface area contributed by atoms with Gasteiger partial charge in [-0.05, 0) is 32.1 Å². The molecule has 0 aromatic rings. The van der Waals surface area contributed by atoms with E-state index < -0.39 is 57.6 Å². The highest BCUT2D eigenvalue weighted by molar-refractivity contribution is 7.47. The number of nitrogens with one attached hydrogen (secondary N) is 1. The van der Waals surface area contributed by atoms with Gasteiger partial charge in [-0.25, -0.2) is 9.36 Å². The number of carbonyl (C=O) groups is 3. The number of aliphatic carboxylic acids is 1. The first kappa shape index (κ1) is 44.2. The van der Waals surface area contributed by atoms with Crippen LogP contribution < -0.4 is 5.32 Å². The fraction of sp³-hybridized carbons (Fsp3) is 0.853. The third-order valence-electron chi connectivity index (χ3n) is 7.55. The van der Waals surface area contributed by atoms with E-state index in [9.17, 15) is 34.1 Å². The number of carboxylic acid groups (broad SMARTS) is 1. The number of unbranched alkanes of at least 4 members (excludes halogenated alkanes) is 17. The molecule has 0 aliphatic rings. The summed E-state index contributed by atoms with van der Waals surface area (Å²) >= 11 is 0. The topological polar surface area (TPSA) is 169 Å². The zero-order chi connectivity index (χ0) is 34.3. The Morgan fingerprint density at radius 1 is 0.674 bits per heavy atom. The highest BCUT2D eigenvalue weighted by Crippen LogP contribution is 2.43. The Balaban J connectivity index is 4.01. The first-order valence-corrected chi connectivity index (χ1v) is 19.2. The molecule has 0 spiro atoms. The smallest absolute Gasteiger partial charge is 0.472 e. The van der Waals surface area contributed by atoms with Crippen LogP contribution in [0.15, 0.2) is 12.2 Å². The molecular weight excluding hydrogens is 613 g/mol. The maximum absolute atomic E-state index is 12.2. The van der Waals surface area contributed by atoms with E-state index in [0.29, 0.717) is 12.8 Å². The first-order valence-electron chi connectivity index (χ1n) is 17.7. The zero-order valence-electron chi connectivity index (χ0n) is 28.6. The number of aliphatic hydroxyl groups excluding tert-OH is 1. The van der Waals surface area contributed by atoms with Gasteiger partial charge < -0.3 is 25.2 Å². The number of amides is 1. The van der Waals surface area contributed by atoms with E-state index in [-0.39, 0.29) is 12.8 Å². The fourth-order valence-corrected chi connectivity index (χ4v) is 5.48. The molecule has 0 fully saturated rings. The van der Waals surface area contributed by atoms with E-state index in [1.807, 2.05) is 0 Å². The van der Waals surface area contributed by atoms with Crippen molar-refractivity contribution in [2.75, 3.05) is 19.8 Å². The summed E-state index contributed by atoms with van der Waals surface area (Å²) in [7, 11) is -4.74. The number of phosphoric acid groups is 1. The van der Waals surface area contributed by atoms with Gasteiger partial charge in [-0.15, -0.1) is 0 Å². The lowest BCUT2D eigenvalue weighted by molar-refractivity contribution is -0.147. The molecule has 0 aliphatic heterocycles. The molecule has 0 aromatic carbocycles. The number of carboxylic acids is 1. The molecule has 0 aliphatic carbocycles. The third kappa shape index (κ3) is 29.6. The van der Waals surface area contributed by atoms with Gasteiger partial charge in [0.2, 0.25) is 5.91 Å². The fourth-order valence-electron chi connectivity index (χ4n) is 4.71. The van der Waals surface area contributed by atoms with Crippen LogP contribution in [0, 0.1) is 0 Å². The first-order chi connectivity index (χ1) is 22.1. The van der Waals surface area contributed by atoms with Crippen LogP contribution in [0.25, 0.3) is 0 Å². The molecule has 3 atom stereocenters. The van der Waals surface area contributed by atoms with E-state index in [1.54, 1.807) is 0 Å². The second-order valence-corrected chi connectivity index (χ2v) is 13.5. The Kier molecular flexibility index (Phi) is 29.4. The van der Waals surface area contributed by atoms with Gasteiger partial charge in [-0.1, -0.05) is 122 Å². The molecule has 11 nitrogen and oxygen atoms in total. The second kappa shape index (κ2) is 30.5. The Bertz CT molecular complexity index is 854. The van der Waals surface area contributed by atoms with Crippen LogP contribution in [0.3, 0.4) is 0 Å². The van der Waals surface area contributed by atoms with Crippen LogP contribution in [0.2, 0.25) is 0 Å². The molecular formula is C34H64NO10P. The number of carbonyl (C=O) groups excluding carboxylic acids is 2. The largest absolute Gasteiger partial charge is 0.480 e. The standard InChI is InChI=1S/C34H64NO10P/c1-3-5-7-9-11-13-15-17-19-21-23-25-32(37)35-31(34(39)40)29-45-46(41,42)44-28-30(36)27-43-33(38)26-24-22-20-18-16-14-12-10-8-6-4-2/h9,11,30-31,36H,3-8,10,12-29H2,1-2H3,(H,35,37)(H,39,40)(H,41,42)/b11-9-. The molecule has 0 aromatic heterocycles. The van der Waals surface area contributed by atoms with Crippen molar-refractivity contribution in [3.8, 4) is 0 Å². The molecule has 270 valence electrons. The summed E-state index contributed by atoms with van der Waals surface area (Å²) in [6.07, 6.45) is 25.4. The van der Waals surface area contributed by atoms with Crippen molar-refractivity contribution >= 4 is 25.7 Å². The molecule has 0 bridgehead atoms. The maximum atomic E-state index is 12.2. The van der Waals surface area contributed by atoms with Gasteiger partial charge >= 0.3 is 19.8 Å². The summed E-state index contributed by atoms with van der Waals surface area (Å²) in [4.78, 5) is 45.5. The van der Waals surface area contributed by atoms with Gasteiger partial charge in [0.1, 0.15) is 12.7 Å². The molecule has 12 heteroatoms. The minimum absolute atomic E-state index is 0.137. The Hall–Kier alpha value is -1.78. The lowest BCUT2D eigenvalue weighted by Gasteiger charge is -2.18. The molecule has 4 N–H and O–H groups in total. The van der Waals surface area contributed by atoms with Crippen LogP contribution in [0.1, 0.15) is 155 Å². The van der Waals surface area contributed by atoms with Gasteiger partial charge in [-0.2, -0.15) is 0 Å². The lowest BCUT2D eigenvalue weighted by atomic mass is 10.1. The number of phosphoric ester groups is 1. The summed E-state index contributed by atoms with van der Waals surface area (Å²) in [5.74, 6) is -2.39. The number of hydrogen-bond acceptors (Lipinski definition) is 8. The van der Waals surface area contributed by atoms with Gasteiger partial charge in [0, 0.05) is 12.8 Å². The van der Waals surface area contributed by atoms with Crippen molar-refractivity contribution in [3.63, 3.8) is 0 Å². The van der Waals surface area contributed by atoms with E-state index in [0.717, 1.165) is 57.8 Å². The van der Waals surface area contributed by atoms with E-state index >= 15 is 0 Å². The monoisotopic (exact) mass is 677 g/mol. The highest BCUT2D eigenvalue weighted by atomic mass is 31.2. The van der Waals surface area contributed by atoms with Crippen molar-refractivity contribution in [2.24, 2.45) is 0 Å². The van der Waals surface area contributed by atoms with E-state index in [2.05, 4.69) is 31.3 Å². The Labute approximate surface area is 277 Å². The number of esters is 1. The van der Waals surface area contributed by atoms with Crippen LogP contribution in [0.4, 0.5) is 0 Å². The van der Waals surface area contributed by atoms with Crippen LogP contribution in [-0.2, 0) is 32.7 Å². The average molecular weight is 678 g/mol. The number of allylic oxidation sites excluding steroid dienone is 2. The summed E-state index contributed by atoms with van der Waals surface area (Å²) in [5, 5.41) is 21.6. The predicted molar refractivity (Wildman–Crippen MR) is 180 cm³/mol. The minimum Gasteiger partial charge on any atom is -0.480 e. The number of hydrogen-bond donors (Lipinski definition) is 4. The van der Waals surface area contributed by atoms with Crippen LogP contribution >= 0.6 is 7.82 Å².